The third kappa shape index (κ3) is 0.891. The summed E-state index contributed by atoms with van der Waals surface area (Å²) < 4.78 is 0. The van der Waals surface area contributed by atoms with Gasteiger partial charge in [-0.3, -0.25) is 0 Å². The fourth-order valence-electron chi connectivity index (χ4n) is 2.09. The van der Waals surface area contributed by atoms with Gasteiger partial charge in [-0.15, -0.1) is 0 Å². The summed E-state index contributed by atoms with van der Waals surface area (Å²) in [5.74, 6) is 0.867. The van der Waals surface area contributed by atoms with Gasteiger partial charge in [0.15, 0.2) is 0 Å². The van der Waals surface area contributed by atoms with Gasteiger partial charge in [0, 0.05) is 0 Å². The predicted molar refractivity (Wildman–Crippen MR) is 47.9 cm³/mol. The van der Waals surface area contributed by atoms with E-state index in [0.29, 0.717) is 0 Å². The van der Waals surface area contributed by atoms with Crippen molar-refractivity contribution in [2.75, 3.05) is 0 Å². The molecule has 1 aliphatic rings. The summed E-state index contributed by atoms with van der Waals surface area (Å²) in [5, 5.41) is 0. The highest BCUT2D eigenvalue weighted by Crippen LogP contribution is 2.39. The van der Waals surface area contributed by atoms with Crippen LogP contribution in [0.15, 0.2) is 18.2 Å². The summed E-state index contributed by atoms with van der Waals surface area (Å²) >= 11 is 0. The molecule has 1 aliphatic carbocycles. The lowest BCUT2D eigenvalue weighted by Crippen LogP contribution is -2.17. The fourth-order valence-corrected chi connectivity index (χ4v) is 2.09. The first-order valence-electron chi connectivity index (χ1n) is 4.41. The molecule has 1 aromatic carbocycles. The molecule has 1 aromatic rings. The minimum absolute atomic E-state index is 0.867. The molecule has 0 nitrogen and oxygen atoms in total. The normalized spacial score (nSPS) is 20.7. The number of aryl methyl sites for hydroxylation is 1. The molecule has 1 unspecified atom stereocenters. The third-order valence-electron chi connectivity index (χ3n) is 2.78. The summed E-state index contributed by atoms with van der Waals surface area (Å²) in [4.78, 5) is 0. The Kier molecular flexibility index (Phi) is 1.49. The van der Waals surface area contributed by atoms with Crippen LogP contribution >= 0.6 is 0 Å². The number of hydrogen-bond acceptors (Lipinski definition) is 0. The molecule has 2 rings (SSSR count). The van der Waals surface area contributed by atoms with Crippen LogP contribution in [-0.4, -0.2) is 0 Å². The molecule has 0 saturated carbocycles. The van der Waals surface area contributed by atoms with Gasteiger partial charge in [-0.25, -0.2) is 0 Å². The maximum atomic E-state index is 2.28. The molecule has 0 radical (unpaired) electrons. The Bertz CT molecular complexity index is 259. The van der Waals surface area contributed by atoms with E-state index in [0.717, 1.165) is 5.92 Å². The van der Waals surface area contributed by atoms with E-state index in [9.17, 15) is 0 Å². The molecule has 0 heteroatoms. The van der Waals surface area contributed by atoms with Crippen LogP contribution < -0.4 is 0 Å². The standard InChI is InChI=1S/C11H14/c1-3-9-7-10-6-4-5-8(2)11(9)10/h4-6,9H,3,7H2,1-2H3. The number of fused-ring (bicyclic) bond motifs is 1. The fraction of sp³-hybridized carbons (Fsp3) is 0.455. The van der Waals surface area contributed by atoms with Crippen molar-refractivity contribution in [3.8, 4) is 0 Å². The maximum absolute atomic E-state index is 2.28. The predicted octanol–water partition coefficient (Wildman–Crippen LogP) is 3.04. The highest BCUT2D eigenvalue weighted by molar-refractivity contribution is 5.45. The molecule has 0 saturated heterocycles. The Balaban J connectivity index is 2.43. The lowest BCUT2D eigenvalue weighted by Gasteiger charge is -2.31. The Morgan fingerprint density at radius 3 is 2.91 bits per heavy atom. The summed E-state index contributed by atoms with van der Waals surface area (Å²) in [6.07, 6.45) is 2.62. The van der Waals surface area contributed by atoms with Gasteiger partial charge >= 0.3 is 0 Å². The molecule has 0 bridgehead atoms. The number of benzene rings is 1. The molecule has 11 heavy (non-hydrogen) atoms. The van der Waals surface area contributed by atoms with Crippen molar-refractivity contribution in [3.63, 3.8) is 0 Å². The van der Waals surface area contributed by atoms with E-state index in [-0.39, 0.29) is 0 Å². The van der Waals surface area contributed by atoms with Crippen molar-refractivity contribution in [2.45, 2.75) is 32.6 Å². The Labute approximate surface area is 68.3 Å². The monoisotopic (exact) mass is 146 g/mol. The molecular weight excluding hydrogens is 132 g/mol. The molecule has 0 aliphatic heterocycles. The van der Waals surface area contributed by atoms with Gasteiger partial charge in [0.25, 0.3) is 0 Å². The molecule has 0 fully saturated rings. The van der Waals surface area contributed by atoms with E-state index in [1.165, 1.54) is 18.4 Å². The van der Waals surface area contributed by atoms with E-state index in [2.05, 4.69) is 32.0 Å². The molecule has 0 amide bonds. The molecule has 1 atom stereocenters. The first-order valence-corrected chi connectivity index (χ1v) is 4.41. The van der Waals surface area contributed by atoms with Crippen molar-refractivity contribution in [3.05, 3.63) is 34.9 Å². The van der Waals surface area contributed by atoms with Gasteiger partial charge in [-0.05, 0) is 42.4 Å². The molecule has 0 spiro atoms. The van der Waals surface area contributed by atoms with Gasteiger partial charge < -0.3 is 0 Å². The van der Waals surface area contributed by atoms with E-state index >= 15 is 0 Å². The zero-order chi connectivity index (χ0) is 7.84. The lowest BCUT2D eigenvalue weighted by molar-refractivity contribution is 0.584. The Morgan fingerprint density at radius 2 is 2.27 bits per heavy atom. The molecule has 0 heterocycles. The van der Waals surface area contributed by atoms with Crippen LogP contribution in [0.2, 0.25) is 0 Å². The van der Waals surface area contributed by atoms with E-state index < -0.39 is 0 Å². The summed E-state index contributed by atoms with van der Waals surface area (Å²) in [6, 6.07) is 6.65. The highest BCUT2D eigenvalue weighted by Gasteiger charge is 2.25. The molecule has 58 valence electrons. The average molecular weight is 146 g/mol. The van der Waals surface area contributed by atoms with Crippen molar-refractivity contribution in [2.24, 2.45) is 0 Å². The van der Waals surface area contributed by atoms with Gasteiger partial charge in [-0.2, -0.15) is 0 Å². The minimum Gasteiger partial charge on any atom is -0.0648 e. The lowest BCUT2D eigenvalue weighted by atomic mass is 9.74. The number of rotatable bonds is 1. The van der Waals surface area contributed by atoms with Crippen LogP contribution in [0.1, 0.15) is 36.0 Å². The number of hydrogen-bond donors (Lipinski definition) is 0. The topological polar surface area (TPSA) is 0 Å². The second kappa shape index (κ2) is 2.37. The van der Waals surface area contributed by atoms with Gasteiger partial charge in [0.2, 0.25) is 0 Å². The van der Waals surface area contributed by atoms with Crippen LogP contribution in [0.5, 0.6) is 0 Å². The van der Waals surface area contributed by atoms with Crippen molar-refractivity contribution >= 4 is 0 Å². The summed E-state index contributed by atoms with van der Waals surface area (Å²) in [6.45, 7) is 4.50. The van der Waals surface area contributed by atoms with E-state index in [1.807, 2.05) is 0 Å². The Hall–Kier alpha value is -0.780. The molecule has 0 N–H and O–H groups in total. The first kappa shape index (κ1) is 6.90. The first-order chi connectivity index (χ1) is 5.33. The largest absolute Gasteiger partial charge is 0.0648 e. The van der Waals surface area contributed by atoms with E-state index in [4.69, 9.17) is 0 Å². The van der Waals surface area contributed by atoms with Crippen molar-refractivity contribution < 1.29 is 0 Å². The average Bonchev–Trinajstić information content (AvgIpc) is 1.93. The molecular formula is C11H14. The van der Waals surface area contributed by atoms with Gasteiger partial charge in [-0.1, -0.05) is 25.1 Å². The highest BCUT2D eigenvalue weighted by atomic mass is 14.3. The smallest absolute Gasteiger partial charge is 0.0119 e. The van der Waals surface area contributed by atoms with Gasteiger partial charge in [0.05, 0.1) is 0 Å². The third-order valence-corrected chi connectivity index (χ3v) is 2.78. The summed E-state index contributed by atoms with van der Waals surface area (Å²) in [5.41, 5.74) is 4.70. The zero-order valence-corrected chi connectivity index (χ0v) is 7.22. The van der Waals surface area contributed by atoms with Crippen molar-refractivity contribution in [1.29, 1.82) is 0 Å². The van der Waals surface area contributed by atoms with Crippen LogP contribution in [0, 0.1) is 6.92 Å². The van der Waals surface area contributed by atoms with Crippen LogP contribution in [-0.2, 0) is 6.42 Å². The second-order valence-electron chi connectivity index (χ2n) is 3.46. The Morgan fingerprint density at radius 1 is 1.45 bits per heavy atom. The summed E-state index contributed by atoms with van der Waals surface area (Å²) in [7, 11) is 0. The molecule has 0 aromatic heterocycles. The minimum atomic E-state index is 0.867. The van der Waals surface area contributed by atoms with Crippen LogP contribution in [0.4, 0.5) is 0 Å². The van der Waals surface area contributed by atoms with Crippen LogP contribution in [0.3, 0.4) is 0 Å². The zero-order valence-electron chi connectivity index (χ0n) is 7.22. The van der Waals surface area contributed by atoms with Gasteiger partial charge in [0.1, 0.15) is 0 Å². The quantitative estimate of drug-likeness (QED) is 0.571. The van der Waals surface area contributed by atoms with E-state index in [1.54, 1.807) is 11.1 Å². The maximum Gasteiger partial charge on any atom is -0.0119 e. The second-order valence-corrected chi connectivity index (χ2v) is 3.46. The van der Waals surface area contributed by atoms with Crippen molar-refractivity contribution in [1.82, 2.24) is 0 Å². The van der Waals surface area contributed by atoms with Crippen LogP contribution in [0.25, 0.3) is 0 Å². The SMILES string of the molecule is CCC1Cc2cccc(C)c21.